The molecule has 1 atom stereocenters. The fourth-order valence-electron chi connectivity index (χ4n) is 2.09. The van der Waals surface area contributed by atoms with Crippen molar-refractivity contribution in [1.29, 1.82) is 0 Å². The molecule has 0 aliphatic heterocycles. The summed E-state index contributed by atoms with van der Waals surface area (Å²) in [4.78, 5) is 4.49. The fraction of sp³-hybridized carbons (Fsp3) is 0.353. The lowest BCUT2D eigenvalue weighted by molar-refractivity contribution is 0.679. The predicted octanol–water partition coefficient (Wildman–Crippen LogP) is 3.25. The lowest BCUT2D eigenvalue weighted by Crippen LogP contribution is -2.28. The van der Waals surface area contributed by atoms with Crippen LogP contribution >= 0.6 is 0 Å². The summed E-state index contributed by atoms with van der Waals surface area (Å²) in [7, 11) is 1.87. The highest BCUT2D eigenvalue weighted by Gasteiger charge is 2.07. The van der Waals surface area contributed by atoms with E-state index in [2.05, 4.69) is 59.8 Å². The standard InChI is InChI=1S/C17H24N4/c1-4-15(18)11-20-16-9-14(10-21-17(16)19-3)13-7-5-12(2)6-8-13/h5-10,15,20H,4,11,18H2,1-3H3,(H,19,21). The van der Waals surface area contributed by atoms with Crippen molar-refractivity contribution < 1.29 is 0 Å². The minimum atomic E-state index is 0.151. The Morgan fingerprint density at radius 3 is 2.52 bits per heavy atom. The van der Waals surface area contributed by atoms with Gasteiger partial charge < -0.3 is 16.4 Å². The first-order chi connectivity index (χ1) is 10.1. The van der Waals surface area contributed by atoms with Crippen molar-refractivity contribution in [3.05, 3.63) is 42.1 Å². The van der Waals surface area contributed by atoms with Crippen LogP contribution in [0, 0.1) is 6.92 Å². The zero-order valence-corrected chi connectivity index (χ0v) is 13.0. The van der Waals surface area contributed by atoms with Crippen molar-refractivity contribution in [2.24, 2.45) is 5.73 Å². The second-order valence-electron chi connectivity index (χ2n) is 5.29. The highest BCUT2D eigenvalue weighted by Crippen LogP contribution is 2.26. The number of aryl methyl sites for hydroxylation is 1. The zero-order valence-electron chi connectivity index (χ0n) is 13.0. The van der Waals surface area contributed by atoms with E-state index >= 15 is 0 Å². The van der Waals surface area contributed by atoms with Crippen LogP contribution in [0.2, 0.25) is 0 Å². The van der Waals surface area contributed by atoms with Crippen molar-refractivity contribution >= 4 is 11.5 Å². The molecule has 0 aliphatic rings. The normalized spacial score (nSPS) is 12.0. The van der Waals surface area contributed by atoms with Gasteiger partial charge in [0, 0.05) is 31.4 Å². The van der Waals surface area contributed by atoms with E-state index in [1.54, 1.807) is 0 Å². The summed E-state index contributed by atoms with van der Waals surface area (Å²) in [6.45, 7) is 4.92. The lowest BCUT2D eigenvalue weighted by atomic mass is 10.1. The molecule has 1 heterocycles. The van der Waals surface area contributed by atoms with Crippen molar-refractivity contribution in [3.8, 4) is 11.1 Å². The molecule has 1 unspecified atom stereocenters. The monoisotopic (exact) mass is 284 g/mol. The predicted molar refractivity (Wildman–Crippen MR) is 90.7 cm³/mol. The molecule has 0 bridgehead atoms. The lowest BCUT2D eigenvalue weighted by Gasteiger charge is -2.15. The van der Waals surface area contributed by atoms with E-state index in [4.69, 9.17) is 5.73 Å². The van der Waals surface area contributed by atoms with Crippen LogP contribution in [0.25, 0.3) is 11.1 Å². The Kier molecular flexibility index (Phi) is 5.17. The first-order valence-electron chi connectivity index (χ1n) is 7.38. The van der Waals surface area contributed by atoms with Crippen LogP contribution in [0.4, 0.5) is 11.5 Å². The van der Waals surface area contributed by atoms with Gasteiger partial charge in [0.15, 0.2) is 0 Å². The van der Waals surface area contributed by atoms with Crippen molar-refractivity contribution in [2.75, 3.05) is 24.2 Å². The molecule has 2 rings (SSSR count). The number of pyridine rings is 1. The van der Waals surface area contributed by atoms with E-state index in [9.17, 15) is 0 Å². The summed E-state index contributed by atoms with van der Waals surface area (Å²) in [6, 6.07) is 10.7. The molecule has 0 spiro atoms. The van der Waals surface area contributed by atoms with Crippen LogP contribution in [-0.4, -0.2) is 24.6 Å². The number of nitrogens with two attached hydrogens (primary N) is 1. The first-order valence-corrected chi connectivity index (χ1v) is 7.38. The maximum absolute atomic E-state index is 5.97. The molecule has 0 saturated carbocycles. The number of benzene rings is 1. The van der Waals surface area contributed by atoms with E-state index in [0.717, 1.165) is 30.0 Å². The van der Waals surface area contributed by atoms with Gasteiger partial charge in [0.1, 0.15) is 5.82 Å². The largest absolute Gasteiger partial charge is 0.380 e. The molecule has 4 heteroatoms. The van der Waals surface area contributed by atoms with Crippen molar-refractivity contribution in [2.45, 2.75) is 26.3 Å². The maximum atomic E-state index is 5.97. The van der Waals surface area contributed by atoms with Gasteiger partial charge in [0.2, 0.25) is 0 Å². The summed E-state index contributed by atoms with van der Waals surface area (Å²) in [5.41, 5.74) is 10.5. The Labute approximate surface area is 126 Å². The smallest absolute Gasteiger partial charge is 0.149 e. The van der Waals surface area contributed by atoms with E-state index in [-0.39, 0.29) is 6.04 Å². The van der Waals surface area contributed by atoms with E-state index in [0.29, 0.717) is 0 Å². The number of hydrogen-bond acceptors (Lipinski definition) is 4. The molecular weight excluding hydrogens is 260 g/mol. The SMILES string of the molecule is CCC(N)CNc1cc(-c2ccc(C)cc2)cnc1NC. The Bertz CT molecular complexity index is 578. The molecule has 0 amide bonds. The summed E-state index contributed by atoms with van der Waals surface area (Å²) in [5, 5.41) is 6.50. The van der Waals surface area contributed by atoms with Crippen LogP contribution in [0.15, 0.2) is 36.5 Å². The Balaban J connectivity index is 2.26. The maximum Gasteiger partial charge on any atom is 0.149 e. The average molecular weight is 284 g/mol. The van der Waals surface area contributed by atoms with Crippen LogP contribution in [0.1, 0.15) is 18.9 Å². The van der Waals surface area contributed by atoms with Crippen LogP contribution in [-0.2, 0) is 0 Å². The highest BCUT2D eigenvalue weighted by atomic mass is 15.0. The molecule has 0 aliphatic carbocycles. The van der Waals surface area contributed by atoms with Gasteiger partial charge in [-0.1, -0.05) is 36.8 Å². The number of nitrogens with one attached hydrogen (secondary N) is 2. The van der Waals surface area contributed by atoms with Crippen molar-refractivity contribution in [1.82, 2.24) is 4.98 Å². The molecular formula is C17H24N4. The number of hydrogen-bond donors (Lipinski definition) is 3. The molecule has 1 aromatic carbocycles. The van der Waals surface area contributed by atoms with Gasteiger partial charge in [0.05, 0.1) is 5.69 Å². The van der Waals surface area contributed by atoms with Crippen LogP contribution < -0.4 is 16.4 Å². The molecule has 4 N–H and O–H groups in total. The van der Waals surface area contributed by atoms with Gasteiger partial charge in [-0.15, -0.1) is 0 Å². The summed E-state index contributed by atoms with van der Waals surface area (Å²) < 4.78 is 0. The molecule has 2 aromatic rings. The quantitative estimate of drug-likeness (QED) is 0.762. The van der Waals surface area contributed by atoms with E-state index in [1.807, 2.05) is 13.2 Å². The highest BCUT2D eigenvalue weighted by molar-refractivity contribution is 5.74. The number of anilines is 2. The summed E-state index contributed by atoms with van der Waals surface area (Å²) in [6.07, 6.45) is 2.84. The van der Waals surface area contributed by atoms with Gasteiger partial charge in [-0.25, -0.2) is 4.98 Å². The van der Waals surface area contributed by atoms with Crippen LogP contribution in [0.5, 0.6) is 0 Å². The summed E-state index contributed by atoms with van der Waals surface area (Å²) in [5.74, 6) is 0.842. The Morgan fingerprint density at radius 1 is 1.19 bits per heavy atom. The second-order valence-corrected chi connectivity index (χ2v) is 5.29. The van der Waals surface area contributed by atoms with Gasteiger partial charge in [0.25, 0.3) is 0 Å². The molecule has 21 heavy (non-hydrogen) atoms. The molecule has 4 nitrogen and oxygen atoms in total. The Morgan fingerprint density at radius 2 is 1.90 bits per heavy atom. The minimum Gasteiger partial charge on any atom is -0.380 e. The van der Waals surface area contributed by atoms with E-state index in [1.165, 1.54) is 11.1 Å². The Hall–Kier alpha value is -2.07. The number of aromatic nitrogens is 1. The average Bonchev–Trinajstić information content (AvgIpc) is 2.53. The molecule has 0 fully saturated rings. The molecule has 0 radical (unpaired) electrons. The van der Waals surface area contributed by atoms with Gasteiger partial charge in [-0.2, -0.15) is 0 Å². The van der Waals surface area contributed by atoms with E-state index < -0.39 is 0 Å². The zero-order chi connectivity index (χ0) is 15.2. The topological polar surface area (TPSA) is 63.0 Å². The van der Waals surface area contributed by atoms with Crippen molar-refractivity contribution in [3.63, 3.8) is 0 Å². The second kappa shape index (κ2) is 7.09. The van der Waals surface area contributed by atoms with Crippen LogP contribution in [0.3, 0.4) is 0 Å². The molecule has 112 valence electrons. The van der Waals surface area contributed by atoms with Gasteiger partial charge in [-0.05, 0) is 25.0 Å². The first kappa shape index (κ1) is 15.3. The summed E-state index contributed by atoms with van der Waals surface area (Å²) >= 11 is 0. The fourth-order valence-corrected chi connectivity index (χ4v) is 2.09. The third-order valence-electron chi connectivity index (χ3n) is 3.59. The number of nitrogens with zero attached hydrogens (tertiary/aromatic N) is 1. The third kappa shape index (κ3) is 3.95. The van der Waals surface area contributed by atoms with Gasteiger partial charge in [-0.3, -0.25) is 0 Å². The molecule has 1 aromatic heterocycles. The minimum absolute atomic E-state index is 0.151. The van der Waals surface area contributed by atoms with Gasteiger partial charge >= 0.3 is 0 Å². The molecule has 0 saturated heterocycles. The third-order valence-corrected chi connectivity index (χ3v) is 3.59. The number of rotatable bonds is 6.